The van der Waals surface area contributed by atoms with E-state index in [2.05, 4.69) is 181 Å². The molecule has 8 fully saturated rings. The highest BCUT2D eigenvalue weighted by Gasteiger charge is 2.55. The fourth-order valence-corrected chi connectivity index (χ4v) is 18.3. The Kier molecular flexibility index (Phi) is 9.08. The zero-order chi connectivity index (χ0) is 49.0. The molecule has 8 saturated carbocycles. The van der Waals surface area contributed by atoms with Gasteiger partial charge in [-0.1, -0.05) is 135 Å². The molecule has 0 atom stereocenters. The number of anilines is 3. The van der Waals surface area contributed by atoms with Crippen LogP contribution in [0.2, 0.25) is 0 Å². The van der Waals surface area contributed by atoms with Crippen LogP contribution >= 0.6 is 0 Å². The van der Waals surface area contributed by atoms with Crippen molar-refractivity contribution in [2.45, 2.75) is 166 Å². The molecule has 17 rings (SSSR count). The molecular formula is C68H75BN2O. The van der Waals surface area contributed by atoms with Gasteiger partial charge in [-0.25, -0.2) is 0 Å². The Morgan fingerprint density at radius 1 is 0.444 bits per heavy atom. The Morgan fingerprint density at radius 3 is 1.39 bits per heavy atom. The number of nitrogens with zero attached hydrogens (tertiary/aromatic N) is 2. The molecule has 0 radical (unpaired) electrons. The molecule has 6 aromatic carbocycles. The minimum atomic E-state index is -0.0121. The smallest absolute Gasteiger partial charge is 0.256 e. The Bertz CT molecular complexity index is 3250. The van der Waals surface area contributed by atoms with Gasteiger partial charge in [0.05, 0.1) is 16.7 Å². The third-order valence-corrected chi connectivity index (χ3v) is 20.8. The average Bonchev–Trinajstić information content (AvgIpc) is 3.66. The standard InChI is InChI=1S/C68H75BN2O/c1-64(2,3)46-16-20-49(21-17-46)70-57-22-18-47(65(4,5)6)30-55(57)69-56-31-48(66(7,8)9)19-23-59(56)72-60-33-50(32-58(70)61(60)69)71-62-51(12-10-14-53(62)67-34-40-24-41(35-67)26-42(25-40)36-67)52-13-11-15-54(63(52)71)68-37-43-27-44(38-68)29-45(28-43)39-68/h10-23,30-33,40-45H,24-29,34-39H2,1-9H3. The molecule has 366 valence electrons. The van der Waals surface area contributed by atoms with E-state index in [9.17, 15) is 0 Å². The van der Waals surface area contributed by atoms with Gasteiger partial charge in [-0.2, -0.15) is 0 Å². The van der Waals surface area contributed by atoms with Crippen molar-refractivity contribution < 1.29 is 4.74 Å². The molecule has 0 spiro atoms. The van der Waals surface area contributed by atoms with E-state index >= 15 is 0 Å². The van der Waals surface area contributed by atoms with Crippen LogP contribution in [0, 0.1) is 35.5 Å². The van der Waals surface area contributed by atoms with Crippen LogP contribution in [0.5, 0.6) is 11.5 Å². The van der Waals surface area contributed by atoms with E-state index in [-0.39, 0.29) is 33.8 Å². The largest absolute Gasteiger partial charge is 0.458 e. The van der Waals surface area contributed by atoms with Crippen molar-refractivity contribution in [1.82, 2.24) is 4.57 Å². The number of hydrogen-bond donors (Lipinski definition) is 0. The van der Waals surface area contributed by atoms with Crippen LogP contribution < -0.4 is 26.0 Å². The summed E-state index contributed by atoms with van der Waals surface area (Å²) in [5, 5.41) is 2.90. The van der Waals surface area contributed by atoms with Crippen molar-refractivity contribution >= 4 is 62.0 Å². The van der Waals surface area contributed by atoms with Gasteiger partial charge in [0.1, 0.15) is 11.5 Å². The first-order valence-electron chi connectivity index (χ1n) is 28.5. The van der Waals surface area contributed by atoms with Gasteiger partial charge >= 0.3 is 0 Å². The number of benzene rings is 6. The van der Waals surface area contributed by atoms with Gasteiger partial charge < -0.3 is 14.2 Å². The van der Waals surface area contributed by atoms with Crippen molar-refractivity contribution in [2.24, 2.45) is 35.5 Å². The SMILES string of the molecule is CC(C)(C)c1ccc(N2c3ccc(C(C)(C)C)cc3B3c4cc(C(C)(C)C)ccc4Oc4cc(-n5c6c(C78CC9CC(CC(C9)C7)C8)cccc6c6cccc(C78CC9CC(CC(C9)C7)C8)c65)cc2c43)cc1. The molecule has 0 amide bonds. The highest BCUT2D eigenvalue weighted by Crippen LogP contribution is 2.64. The lowest BCUT2D eigenvalue weighted by Gasteiger charge is -2.57. The number of rotatable bonds is 4. The Balaban J connectivity index is 1.05. The second-order valence-electron chi connectivity index (χ2n) is 28.7. The van der Waals surface area contributed by atoms with Crippen molar-refractivity contribution in [1.29, 1.82) is 0 Å². The fourth-order valence-electron chi connectivity index (χ4n) is 18.3. The monoisotopic (exact) mass is 947 g/mol. The van der Waals surface area contributed by atoms with Crippen molar-refractivity contribution in [3.8, 4) is 17.2 Å². The highest BCUT2D eigenvalue weighted by atomic mass is 16.5. The first-order chi connectivity index (χ1) is 34.4. The summed E-state index contributed by atoms with van der Waals surface area (Å²) in [7, 11) is 0. The first-order valence-corrected chi connectivity index (χ1v) is 28.5. The summed E-state index contributed by atoms with van der Waals surface area (Å²) in [5.74, 6) is 7.17. The van der Waals surface area contributed by atoms with E-state index < -0.39 is 0 Å². The molecule has 0 N–H and O–H groups in total. The topological polar surface area (TPSA) is 17.4 Å². The van der Waals surface area contributed by atoms with Crippen molar-refractivity contribution in [3.05, 3.63) is 137 Å². The molecule has 4 heteroatoms. The predicted molar refractivity (Wildman–Crippen MR) is 302 cm³/mol. The Labute approximate surface area is 430 Å². The van der Waals surface area contributed by atoms with Gasteiger partial charge in [0, 0.05) is 33.9 Å². The van der Waals surface area contributed by atoms with Crippen LogP contribution in [-0.4, -0.2) is 11.3 Å². The molecule has 7 aromatic rings. The molecule has 10 aliphatic rings. The molecule has 2 aliphatic heterocycles. The third-order valence-electron chi connectivity index (χ3n) is 20.8. The molecule has 72 heavy (non-hydrogen) atoms. The first kappa shape index (κ1) is 44.3. The van der Waals surface area contributed by atoms with Crippen LogP contribution in [0.25, 0.3) is 27.5 Å². The lowest BCUT2D eigenvalue weighted by Crippen LogP contribution is -2.60. The van der Waals surface area contributed by atoms with Crippen LogP contribution in [0.3, 0.4) is 0 Å². The van der Waals surface area contributed by atoms with Gasteiger partial charge in [-0.15, -0.1) is 0 Å². The van der Waals surface area contributed by atoms with E-state index in [1.165, 1.54) is 155 Å². The van der Waals surface area contributed by atoms with Crippen molar-refractivity contribution in [3.63, 3.8) is 0 Å². The molecule has 3 nitrogen and oxygen atoms in total. The number of ether oxygens (including phenoxy) is 1. The quantitative estimate of drug-likeness (QED) is 0.164. The van der Waals surface area contributed by atoms with Gasteiger partial charge in [-0.05, 0) is 214 Å². The van der Waals surface area contributed by atoms with Gasteiger partial charge in [0.15, 0.2) is 0 Å². The van der Waals surface area contributed by atoms with E-state index in [0.717, 1.165) is 47.0 Å². The molecule has 8 aliphatic carbocycles. The fraction of sp³-hybridized carbons (Fsp3) is 0.471. The van der Waals surface area contributed by atoms with E-state index in [1.54, 1.807) is 11.1 Å². The zero-order valence-electron chi connectivity index (χ0n) is 44.7. The summed E-state index contributed by atoms with van der Waals surface area (Å²) < 4.78 is 10.4. The second-order valence-corrected chi connectivity index (χ2v) is 28.7. The Hall–Kier alpha value is -5.22. The predicted octanol–water partition coefficient (Wildman–Crippen LogP) is 16.0. The van der Waals surface area contributed by atoms with Crippen LogP contribution in [0.4, 0.5) is 17.1 Å². The lowest BCUT2D eigenvalue weighted by molar-refractivity contribution is -0.00468. The summed E-state index contributed by atoms with van der Waals surface area (Å²) >= 11 is 0. The molecule has 0 unspecified atom stereocenters. The van der Waals surface area contributed by atoms with E-state index in [0.29, 0.717) is 0 Å². The van der Waals surface area contributed by atoms with Crippen molar-refractivity contribution in [2.75, 3.05) is 4.90 Å². The summed E-state index contributed by atoms with van der Waals surface area (Å²) in [5.41, 5.74) is 19.7. The molecule has 1 aromatic heterocycles. The number of fused-ring (bicyclic) bond motifs is 7. The normalized spacial score (nSPS) is 28.7. The van der Waals surface area contributed by atoms with E-state index in [4.69, 9.17) is 4.74 Å². The van der Waals surface area contributed by atoms with Gasteiger partial charge in [0.25, 0.3) is 6.71 Å². The maximum absolute atomic E-state index is 7.54. The molecule has 3 heterocycles. The maximum atomic E-state index is 7.54. The average molecular weight is 947 g/mol. The number of hydrogen-bond acceptors (Lipinski definition) is 2. The lowest BCUT2D eigenvalue weighted by atomic mass is 9.33. The zero-order valence-corrected chi connectivity index (χ0v) is 44.7. The summed E-state index contributed by atoms with van der Waals surface area (Å²) in [6, 6.07) is 44.4. The third kappa shape index (κ3) is 6.41. The van der Waals surface area contributed by atoms with Gasteiger partial charge in [0.2, 0.25) is 0 Å². The Morgan fingerprint density at radius 2 is 0.903 bits per heavy atom. The molecular weight excluding hydrogens is 872 g/mol. The van der Waals surface area contributed by atoms with Crippen LogP contribution in [0.15, 0.2) is 109 Å². The highest BCUT2D eigenvalue weighted by molar-refractivity contribution is 6.99. The number of para-hydroxylation sites is 2. The minimum Gasteiger partial charge on any atom is -0.458 e. The number of aromatic nitrogens is 1. The second kappa shape index (κ2) is 14.8. The van der Waals surface area contributed by atoms with Gasteiger partial charge in [-0.3, -0.25) is 0 Å². The summed E-state index contributed by atoms with van der Waals surface area (Å²) in [6.07, 6.45) is 16.8. The minimum absolute atomic E-state index is 0.00702. The maximum Gasteiger partial charge on any atom is 0.256 e. The van der Waals surface area contributed by atoms with E-state index in [1.807, 2.05) is 0 Å². The molecule has 0 saturated heterocycles. The summed E-state index contributed by atoms with van der Waals surface area (Å²) in [6.45, 7) is 21.1. The molecule has 8 bridgehead atoms. The van der Waals surface area contributed by atoms with Crippen LogP contribution in [-0.2, 0) is 27.1 Å². The summed E-state index contributed by atoms with van der Waals surface area (Å²) in [4.78, 5) is 2.63. The van der Waals surface area contributed by atoms with Crippen LogP contribution in [0.1, 0.15) is 167 Å².